The smallest absolute Gasteiger partial charge is 0.168 e. The molecule has 1 aliphatic rings. The predicted molar refractivity (Wildman–Crippen MR) is 102 cm³/mol. The number of anilines is 3. The van der Waals surface area contributed by atoms with Crippen LogP contribution < -0.4 is 9.80 Å². The molecule has 5 nitrogen and oxygen atoms in total. The molecule has 0 fully saturated rings. The van der Waals surface area contributed by atoms with Crippen molar-refractivity contribution >= 4 is 33.5 Å². The van der Waals surface area contributed by atoms with Gasteiger partial charge in [0.1, 0.15) is 12.5 Å². The second kappa shape index (κ2) is 4.96. The molecule has 0 saturated carbocycles. The van der Waals surface area contributed by atoms with Gasteiger partial charge >= 0.3 is 0 Å². The number of fused-ring (bicyclic) bond motifs is 5. The zero-order valence-electron chi connectivity index (χ0n) is 14.5. The van der Waals surface area contributed by atoms with Crippen LogP contribution in [0.4, 0.5) is 17.1 Å². The number of hydrogen-bond donors (Lipinski definition) is 0. The third kappa shape index (κ3) is 1.83. The molecule has 0 unspecified atom stereocenters. The SMILES string of the molecule is Cc1ccccc1N1c2c(ccc3c2ccn2cnnc32)N(C)[C@@H]1C. The Morgan fingerprint density at radius 2 is 1.80 bits per heavy atom. The summed E-state index contributed by atoms with van der Waals surface area (Å²) in [5.41, 5.74) is 5.90. The summed E-state index contributed by atoms with van der Waals surface area (Å²) in [6, 6.07) is 15.1. The van der Waals surface area contributed by atoms with Gasteiger partial charge in [0, 0.05) is 29.7 Å². The minimum Gasteiger partial charge on any atom is -0.352 e. The van der Waals surface area contributed by atoms with Crippen LogP contribution in [0.25, 0.3) is 16.4 Å². The number of rotatable bonds is 1. The fourth-order valence-electron chi connectivity index (χ4n) is 3.91. The predicted octanol–water partition coefficient (Wildman–Crippen LogP) is 4.12. The molecule has 0 aliphatic carbocycles. The van der Waals surface area contributed by atoms with E-state index in [1.165, 1.54) is 28.0 Å². The van der Waals surface area contributed by atoms with E-state index >= 15 is 0 Å². The molecule has 2 aromatic carbocycles. The van der Waals surface area contributed by atoms with Gasteiger partial charge in [-0.2, -0.15) is 0 Å². The summed E-state index contributed by atoms with van der Waals surface area (Å²) in [7, 11) is 2.16. The van der Waals surface area contributed by atoms with Gasteiger partial charge in [-0.1, -0.05) is 18.2 Å². The van der Waals surface area contributed by atoms with Gasteiger partial charge in [0.05, 0.1) is 11.4 Å². The Hall–Kier alpha value is -3.08. The van der Waals surface area contributed by atoms with Crippen molar-refractivity contribution in [1.82, 2.24) is 14.6 Å². The van der Waals surface area contributed by atoms with E-state index in [9.17, 15) is 0 Å². The highest BCUT2D eigenvalue weighted by Gasteiger charge is 2.33. The Bertz CT molecular complexity index is 1110. The standard InChI is InChI=1S/C20H19N5/c1-13-6-4-5-7-17(13)25-14(2)23(3)18-9-8-16-15(19(18)25)10-11-24-12-21-22-20(16)24/h4-12,14H,1-3H3/t14-/m0/s1. The van der Waals surface area contributed by atoms with Crippen LogP contribution in [-0.4, -0.2) is 27.8 Å². The first-order valence-electron chi connectivity index (χ1n) is 8.49. The number of pyridine rings is 1. The molecule has 5 rings (SSSR count). The zero-order valence-corrected chi connectivity index (χ0v) is 14.5. The average molecular weight is 329 g/mol. The highest BCUT2D eigenvalue weighted by Crippen LogP contribution is 2.48. The summed E-state index contributed by atoms with van der Waals surface area (Å²) < 4.78 is 1.97. The molecule has 0 saturated heterocycles. The van der Waals surface area contributed by atoms with E-state index in [1.54, 1.807) is 6.33 Å². The second-order valence-electron chi connectivity index (χ2n) is 6.67. The lowest BCUT2D eigenvalue weighted by Gasteiger charge is -2.29. The molecule has 3 heterocycles. The number of para-hydroxylation sites is 1. The molecular weight excluding hydrogens is 310 g/mol. The van der Waals surface area contributed by atoms with E-state index in [0.29, 0.717) is 0 Å². The Morgan fingerprint density at radius 1 is 0.960 bits per heavy atom. The molecule has 4 aromatic rings. The molecule has 0 spiro atoms. The van der Waals surface area contributed by atoms with Crippen molar-refractivity contribution in [2.24, 2.45) is 0 Å². The highest BCUT2D eigenvalue weighted by molar-refractivity contribution is 6.09. The first-order chi connectivity index (χ1) is 12.2. The van der Waals surface area contributed by atoms with Crippen LogP contribution >= 0.6 is 0 Å². The van der Waals surface area contributed by atoms with Crippen LogP contribution in [0.15, 0.2) is 55.0 Å². The Balaban J connectivity index is 1.87. The second-order valence-corrected chi connectivity index (χ2v) is 6.67. The number of hydrogen-bond acceptors (Lipinski definition) is 4. The van der Waals surface area contributed by atoms with Crippen LogP contribution in [0.3, 0.4) is 0 Å². The Kier molecular flexibility index (Phi) is 2.83. The van der Waals surface area contributed by atoms with Crippen LogP contribution in [0.5, 0.6) is 0 Å². The summed E-state index contributed by atoms with van der Waals surface area (Å²) in [5.74, 6) is 0. The first-order valence-corrected chi connectivity index (χ1v) is 8.49. The van der Waals surface area contributed by atoms with Gasteiger partial charge in [-0.15, -0.1) is 10.2 Å². The van der Waals surface area contributed by atoms with E-state index in [1.807, 2.05) is 10.6 Å². The Morgan fingerprint density at radius 3 is 2.64 bits per heavy atom. The molecule has 5 heteroatoms. The lowest BCUT2D eigenvalue weighted by atomic mass is 10.1. The third-order valence-electron chi connectivity index (χ3n) is 5.34. The van der Waals surface area contributed by atoms with Crippen LogP contribution in [0.2, 0.25) is 0 Å². The summed E-state index contributed by atoms with van der Waals surface area (Å²) in [4.78, 5) is 4.76. The van der Waals surface area contributed by atoms with Crippen molar-refractivity contribution in [2.75, 3.05) is 16.8 Å². The van der Waals surface area contributed by atoms with Crippen molar-refractivity contribution in [3.8, 4) is 0 Å². The topological polar surface area (TPSA) is 36.7 Å². The van der Waals surface area contributed by atoms with Crippen LogP contribution in [-0.2, 0) is 0 Å². The van der Waals surface area contributed by atoms with E-state index in [4.69, 9.17) is 0 Å². The maximum atomic E-state index is 4.31. The van der Waals surface area contributed by atoms with E-state index < -0.39 is 0 Å². The first kappa shape index (κ1) is 14.3. The van der Waals surface area contributed by atoms with E-state index in [0.717, 1.165) is 11.0 Å². The third-order valence-corrected chi connectivity index (χ3v) is 5.34. The van der Waals surface area contributed by atoms with Gasteiger partial charge in [0.2, 0.25) is 0 Å². The number of aryl methyl sites for hydroxylation is 1. The lowest BCUT2D eigenvalue weighted by molar-refractivity contribution is 0.733. The van der Waals surface area contributed by atoms with Crippen LogP contribution in [0.1, 0.15) is 12.5 Å². The summed E-state index contributed by atoms with van der Waals surface area (Å²) in [6.45, 7) is 4.41. The Labute approximate surface area is 146 Å². The normalized spacial score (nSPS) is 16.8. The summed E-state index contributed by atoms with van der Waals surface area (Å²) in [6.07, 6.45) is 4.03. The molecule has 0 N–H and O–H groups in total. The van der Waals surface area contributed by atoms with Crippen LogP contribution in [0, 0.1) is 6.92 Å². The molecule has 25 heavy (non-hydrogen) atoms. The van der Waals surface area contributed by atoms with Gasteiger partial charge < -0.3 is 9.80 Å². The van der Waals surface area contributed by atoms with Gasteiger partial charge in [-0.3, -0.25) is 4.40 Å². The van der Waals surface area contributed by atoms with Crippen molar-refractivity contribution in [1.29, 1.82) is 0 Å². The van der Waals surface area contributed by atoms with Crippen molar-refractivity contribution < 1.29 is 0 Å². The molecular formula is C20H19N5. The summed E-state index contributed by atoms with van der Waals surface area (Å²) in [5, 5.41) is 10.7. The number of aromatic nitrogens is 3. The highest BCUT2D eigenvalue weighted by atomic mass is 15.4. The fourth-order valence-corrected chi connectivity index (χ4v) is 3.91. The number of nitrogens with zero attached hydrogens (tertiary/aromatic N) is 5. The quantitative estimate of drug-likeness (QED) is 0.526. The van der Waals surface area contributed by atoms with Gasteiger partial charge in [0.25, 0.3) is 0 Å². The number of benzene rings is 2. The van der Waals surface area contributed by atoms with Crippen molar-refractivity contribution in [3.05, 3.63) is 60.6 Å². The molecule has 0 bridgehead atoms. The maximum Gasteiger partial charge on any atom is 0.168 e. The van der Waals surface area contributed by atoms with Gasteiger partial charge in [-0.25, -0.2) is 0 Å². The largest absolute Gasteiger partial charge is 0.352 e. The minimum absolute atomic E-state index is 0.246. The molecule has 2 aromatic heterocycles. The lowest BCUT2D eigenvalue weighted by Crippen LogP contribution is -2.35. The van der Waals surface area contributed by atoms with Crippen molar-refractivity contribution in [2.45, 2.75) is 20.0 Å². The van der Waals surface area contributed by atoms with E-state index in [2.05, 4.69) is 83.4 Å². The average Bonchev–Trinajstić information content (AvgIpc) is 3.20. The summed E-state index contributed by atoms with van der Waals surface area (Å²) >= 11 is 0. The monoisotopic (exact) mass is 329 g/mol. The molecule has 0 amide bonds. The molecule has 1 aliphatic heterocycles. The zero-order chi connectivity index (χ0) is 17.1. The van der Waals surface area contributed by atoms with E-state index in [-0.39, 0.29) is 6.17 Å². The molecule has 0 radical (unpaired) electrons. The van der Waals surface area contributed by atoms with Gasteiger partial charge in [0.15, 0.2) is 5.65 Å². The molecule has 124 valence electrons. The fraction of sp³-hybridized carbons (Fsp3) is 0.200. The van der Waals surface area contributed by atoms with Crippen molar-refractivity contribution in [3.63, 3.8) is 0 Å². The maximum absolute atomic E-state index is 4.31. The van der Waals surface area contributed by atoms with Gasteiger partial charge in [-0.05, 0) is 43.7 Å². The minimum atomic E-state index is 0.246. The molecule has 1 atom stereocenters.